The van der Waals surface area contributed by atoms with Crippen LogP contribution >= 0.6 is 11.8 Å². The van der Waals surface area contributed by atoms with Gasteiger partial charge in [-0.3, -0.25) is 4.79 Å². The monoisotopic (exact) mass is 258 g/mol. The third kappa shape index (κ3) is 1.93. The van der Waals surface area contributed by atoms with E-state index in [-0.39, 0.29) is 5.78 Å². The van der Waals surface area contributed by atoms with E-state index in [1.54, 1.807) is 12.5 Å². The average molecular weight is 258 g/mol. The first-order valence-corrected chi connectivity index (χ1v) is 6.26. The molecule has 0 spiro atoms. The van der Waals surface area contributed by atoms with Crippen molar-refractivity contribution in [2.24, 2.45) is 0 Å². The van der Waals surface area contributed by atoms with Crippen LogP contribution in [0.2, 0.25) is 0 Å². The van der Waals surface area contributed by atoms with E-state index >= 15 is 0 Å². The Morgan fingerprint density at radius 2 is 2.22 bits per heavy atom. The number of nitrogens with zero attached hydrogens (tertiary/aromatic N) is 1. The van der Waals surface area contributed by atoms with Gasteiger partial charge in [-0.1, -0.05) is 23.9 Å². The third-order valence-corrected chi connectivity index (χ3v) is 3.62. The highest BCUT2D eigenvalue weighted by Gasteiger charge is 2.25. The Kier molecular flexibility index (Phi) is 2.68. The molecule has 0 atom stereocenters. The normalized spacial score (nSPS) is 16.1. The molecule has 3 rings (SSSR count). The van der Waals surface area contributed by atoms with Gasteiger partial charge < -0.3 is 9.73 Å². The number of rotatable bonds is 2. The van der Waals surface area contributed by atoms with Crippen LogP contribution in [0.5, 0.6) is 0 Å². The molecule has 90 valence electrons. The van der Waals surface area contributed by atoms with Crippen molar-refractivity contribution >= 4 is 23.6 Å². The molecule has 18 heavy (non-hydrogen) atoms. The number of carbonyl (C=O) groups excluding carboxylic acids is 1. The zero-order valence-electron chi connectivity index (χ0n) is 9.64. The van der Waals surface area contributed by atoms with Crippen molar-refractivity contribution < 1.29 is 9.21 Å². The van der Waals surface area contributed by atoms with E-state index in [9.17, 15) is 4.79 Å². The Labute approximate surface area is 108 Å². The molecule has 1 aromatic carbocycles. The summed E-state index contributed by atoms with van der Waals surface area (Å²) in [4.78, 5) is 17.8. The minimum Gasteiger partial charge on any atom is -0.432 e. The van der Waals surface area contributed by atoms with Crippen LogP contribution in [0.4, 0.5) is 6.01 Å². The molecule has 5 heteroatoms. The molecule has 0 bridgehead atoms. The van der Waals surface area contributed by atoms with Crippen LogP contribution in [0.1, 0.15) is 16.1 Å². The Morgan fingerprint density at radius 3 is 2.94 bits per heavy atom. The summed E-state index contributed by atoms with van der Waals surface area (Å²) in [6, 6.07) is 7.96. The molecule has 1 aliphatic rings. The number of oxazole rings is 1. The van der Waals surface area contributed by atoms with Crippen molar-refractivity contribution in [2.75, 3.05) is 5.32 Å². The minimum absolute atomic E-state index is 0.0337. The zero-order valence-corrected chi connectivity index (χ0v) is 10.5. The highest BCUT2D eigenvalue weighted by Crippen LogP contribution is 2.39. The predicted octanol–water partition coefficient (Wildman–Crippen LogP) is 3.22. The van der Waals surface area contributed by atoms with Gasteiger partial charge in [-0.25, -0.2) is 0 Å². The number of aromatic nitrogens is 1. The van der Waals surface area contributed by atoms with Gasteiger partial charge in [-0.15, -0.1) is 0 Å². The SMILES string of the molecule is Cc1coc(NC=C2Sc3ccccc3C2=O)n1. The molecular formula is C13H10N2O2S. The molecule has 0 unspecified atom stereocenters. The predicted molar refractivity (Wildman–Crippen MR) is 69.6 cm³/mol. The van der Waals surface area contributed by atoms with E-state index in [0.29, 0.717) is 10.9 Å². The fraction of sp³-hybridized carbons (Fsp3) is 0.0769. The number of allylic oxidation sites excluding steroid dienone is 1. The molecule has 0 amide bonds. The summed E-state index contributed by atoms with van der Waals surface area (Å²) in [7, 11) is 0. The number of hydrogen-bond donors (Lipinski definition) is 1. The van der Waals surface area contributed by atoms with E-state index < -0.39 is 0 Å². The minimum atomic E-state index is 0.0337. The summed E-state index contributed by atoms with van der Waals surface area (Å²) in [5.74, 6) is 0.0337. The summed E-state index contributed by atoms with van der Waals surface area (Å²) in [5.41, 5.74) is 1.55. The summed E-state index contributed by atoms with van der Waals surface area (Å²) in [6.45, 7) is 1.84. The molecule has 2 aromatic rings. The molecule has 1 N–H and O–H groups in total. The fourth-order valence-corrected chi connectivity index (χ4v) is 2.66. The van der Waals surface area contributed by atoms with Gasteiger partial charge in [0.05, 0.1) is 10.6 Å². The highest BCUT2D eigenvalue weighted by molar-refractivity contribution is 8.04. The van der Waals surface area contributed by atoms with Crippen molar-refractivity contribution in [3.63, 3.8) is 0 Å². The van der Waals surface area contributed by atoms with E-state index in [1.165, 1.54) is 11.8 Å². The number of aryl methyl sites for hydroxylation is 1. The lowest BCUT2D eigenvalue weighted by Gasteiger charge is -1.95. The summed E-state index contributed by atoms with van der Waals surface area (Å²) in [5, 5.41) is 2.89. The number of benzene rings is 1. The molecular weight excluding hydrogens is 248 g/mol. The smallest absolute Gasteiger partial charge is 0.298 e. The molecule has 0 aliphatic carbocycles. The number of ketones is 1. The maximum Gasteiger partial charge on any atom is 0.298 e. The standard InChI is InChI=1S/C13H10N2O2S/c1-8-7-17-13(15-8)14-6-11-12(16)9-4-2-3-5-10(9)18-11/h2-7H,1H3,(H,14,15). The Hall–Kier alpha value is -2.01. The number of thioether (sulfide) groups is 1. The van der Waals surface area contributed by atoms with Gasteiger partial charge in [0, 0.05) is 16.7 Å². The zero-order chi connectivity index (χ0) is 12.5. The van der Waals surface area contributed by atoms with Gasteiger partial charge >= 0.3 is 0 Å². The second-order valence-corrected chi connectivity index (χ2v) is 4.96. The molecule has 1 aliphatic heterocycles. The van der Waals surface area contributed by atoms with Gasteiger partial charge in [0.1, 0.15) is 6.26 Å². The van der Waals surface area contributed by atoms with Crippen molar-refractivity contribution in [2.45, 2.75) is 11.8 Å². The van der Waals surface area contributed by atoms with Gasteiger partial charge in [0.25, 0.3) is 6.01 Å². The van der Waals surface area contributed by atoms with Crippen LogP contribution in [0, 0.1) is 6.92 Å². The Balaban J connectivity index is 1.82. The molecule has 4 nitrogen and oxygen atoms in total. The number of fused-ring (bicyclic) bond motifs is 1. The highest BCUT2D eigenvalue weighted by atomic mass is 32.2. The quantitative estimate of drug-likeness (QED) is 0.838. The number of nitrogens with one attached hydrogen (secondary N) is 1. The Bertz CT molecular complexity index is 646. The first kappa shape index (κ1) is 11.1. The number of Topliss-reactive ketones (excluding diaryl/α,β-unsaturated/α-hetero) is 1. The molecule has 1 aromatic heterocycles. The van der Waals surface area contributed by atoms with Gasteiger partial charge in [-0.2, -0.15) is 4.98 Å². The van der Waals surface area contributed by atoms with E-state index in [0.717, 1.165) is 16.2 Å². The number of carbonyl (C=O) groups is 1. The molecule has 0 saturated heterocycles. The lowest BCUT2D eigenvalue weighted by molar-refractivity contribution is 0.104. The first-order valence-electron chi connectivity index (χ1n) is 5.44. The van der Waals surface area contributed by atoms with Gasteiger partial charge in [0.15, 0.2) is 0 Å². The van der Waals surface area contributed by atoms with Crippen LogP contribution in [0.25, 0.3) is 0 Å². The van der Waals surface area contributed by atoms with Gasteiger partial charge in [-0.05, 0) is 19.1 Å². The van der Waals surface area contributed by atoms with Crippen LogP contribution in [0.15, 0.2) is 50.9 Å². The molecule has 2 heterocycles. The van der Waals surface area contributed by atoms with Crippen molar-refractivity contribution in [3.05, 3.63) is 52.9 Å². The van der Waals surface area contributed by atoms with Crippen LogP contribution in [-0.2, 0) is 0 Å². The van der Waals surface area contributed by atoms with Crippen molar-refractivity contribution in [1.29, 1.82) is 0 Å². The number of anilines is 1. The summed E-state index contributed by atoms with van der Waals surface area (Å²) < 4.78 is 5.15. The lowest BCUT2D eigenvalue weighted by Crippen LogP contribution is -1.97. The number of hydrogen-bond acceptors (Lipinski definition) is 5. The van der Waals surface area contributed by atoms with Crippen molar-refractivity contribution in [1.82, 2.24) is 4.98 Å². The maximum atomic E-state index is 12.0. The van der Waals surface area contributed by atoms with Crippen LogP contribution in [0.3, 0.4) is 0 Å². The molecule has 0 saturated carbocycles. The van der Waals surface area contributed by atoms with E-state index in [4.69, 9.17) is 4.42 Å². The summed E-state index contributed by atoms with van der Waals surface area (Å²) >= 11 is 1.45. The second kappa shape index (κ2) is 4.34. The molecule has 0 radical (unpaired) electrons. The average Bonchev–Trinajstić information content (AvgIpc) is 2.92. The maximum absolute atomic E-state index is 12.0. The Morgan fingerprint density at radius 1 is 1.39 bits per heavy atom. The third-order valence-electron chi connectivity index (χ3n) is 2.52. The van der Waals surface area contributed by atoms with Gasteiger partial charge in [0.2, 0.25) is 5.78 Å². The largest absolute Gasteiger partial charge is 0.432 e. The topological polar surface area (TPSA) is 55.1 Å². The van der Waals surface area contributed by atoms with Crippen molar-refractivity contribution in [3.8, 4) is 0 Å². The lowest BCUT2D eigenvalue weighted by atomic mass is 10.1. The summed E-state index contributed by atoms with van der Waals surface area (Å²) in [6.07, 6.45) is 3.19. The first-order chi connectivity index (χ1) is 8.74. The van der Waals surface area contributed by atoms with E-state index in [2.05, 4.69) is 10.3 Å². The van der Waals surface area contributed by atoms with Crippen LogP contribution in [-0.4, -0.2) is 10.8 Å². The van der Waals surface area contributed by atoms with Crippen LogP contribution < -0.4 is 5.32 Å². The second-order valence-electron chi connectivity index (χ2n) is 3.87. The fourth-order valence-electron chi connectivity index (χ4n) is 1.68. The molecule has 0 fully saturated rings. The van der Waals surface area contributed by atoms with E-state index in [1.807, 2.05) is 31.2 Å².